The third kappa shape index (κ3) is 4.35. The largest absolute Gasteiger partial charge is 0.573 e. The van der Waals surface area contributed by atoms with Crippen molar-refractivity contribution in [3.8, 4) is 16.9 Å². The van der Waals surface area contributed by atoms with Crippen molar-refractivity contribution in [1.82, 2.24) is 19.6 Å². The fourth-order valence-electron chi connectivity index (χ4n) is 3.15. The van der Waals surface area contributed by atoms with Gasteiger partial charge in [-0.3, -0.25) is 9.48 Å². The number of hydrogen-bond donors (Lipinski definition) is 0. The Labute approximate surface area is 169 Å². The highest BCUT2D eigenvalue weighted by Crippen LogP contribution is 2.27. The van der Waals surface area contributed by atoms with Gasteiger partial charge < -0.3 is 4.74 Å². The van der Waals surface area contributed by atoms with E-state index < -0.39 is 6.36 Å². The second kappa shape index (κ2) is 7.66. The average Bonchev–Trinajstić information content (AvgIpc) is 3.12. The molecule has 2 aromatic carbocycles. The number of hydrogen-bond acceptors (Lipinski definition) is 4. The van der Waals surface area contributed by atoms with Crippen molar-refractivity contribution in [1.29, 1.82) is 0 Å². The molecule has 4 aromatic rings. The number of nitrogens with zero attached hydrogens (tertiary/aromatic N) is 4. The lowest BCUT2D eigenvalue weighted by molar-refractivity contribution is -0.274. The fraction of sp³-hybridized carbons (Fsp3) is 0.190. The molecular weight excluding hydrogens is 397 g/mol. The highest BCUT2D eigenvalue weighted by atomic mass is 19.4. The predicted molar refractivity (Wildman–Crippen MR) is 105 cm³/mol. The Kier molecular flexibility index (Phi) is 5.03. The average molecular weight is 414 g/mol. The summed E-state index contributed by atoms with van der Waals surface area (Å²) in [5.74, 6) is -0.299. The molecule has 30 heavy (non-hydrogen) atoms. The minimum Gasteiger partial charge on any atom is -0.406 e. The van der Waals surface area contributed by atoms with Crippen molar-refractivity contribution in [2.75, 3.05) is 0 Å². The normalized spacial score (nSPS) is 11.7. The third-order valence-corrected chi connectivity index (χ3v) is 4.58. The minimum absolute atomic E-state index is 0.241. The van der Waals surface area contributed by atoms with Crippen LogP contribution in [0.25, 0.3) is 21.9 Å². The second-order valence-electron chi connectivity index (χ2n) is 6.83. The summed E-state index contributed by atoms with van der Waals surface area (Å²) in [4.78, 5) is 12.9. The van der Waals surface area contributed by atoms with E-state index in [-0.39, 0.29) is 11.3 Å². The van der Waals surface area contributed by atoms with Crippen LogP contribution in [0, 0.1) is 6.92 Å². The van der Waals surface area contributed by atoms with E-state index >= 15 is 0 Å². The summed E-state index contributed by atoms with van der Waals surface area (Å²) >= 11 is 0. The summed E-state index contributed by atoms with van der Waals surface area (Å²) < 4.78 is 44.0. The third-order valence-electron chi connectivity index (χ3n) is 4.58. The monoisotopic (exact) mass is 414 g/mol. The molecule has 0 spiro atoms. The zero-order valence-corrected chi connectivity index (χ0v) is 15.9. The quantitative estimate of drug-likeness (QED) is 0.492. The Morgan fingerprint density at radius 3 is 2.37 bits per heavy atom. The second-order valence-corrected chi connectivity index (χ2v) is 6.83. The Balaban J connectivity index is 1.61. The van der Waals surface area contributed by atoms with Gasteiger partial charge in [0, 0.05) is 11.6 Å². The van der Waals surface area contributed by atoms with Crippen LogP contribution in [0.3, 0.4) is 0 Å². The van der Waals surface area contributed by atoms with Crippen molar-refractivity contribution < 1.29 is 17.9 Å². The molecule has 0 aliphatic heterocycles. The molecule has 0 fully saturated rings. The van der Waals surface area contributed by atoms with Crippen LogP contribution in [-0.2, 0) is 13.1 Å². The van der Waals surface area contributed by atoms with Crippen molar-refractivity contribution in [2.24, 2.45) is 0 Å². The Morgan fingerprint density at radius 1 is 0.967 bits per heavy atom. The van der Waals surface area contributed by atoms with E-state index in [1.54, 1.807) is 35.3 Å². The number of ether oxygens (including phenoxy) is 1. The molecule has 9 heteroatoms. The summed E-state index contributed by atoms with van der Waals surface area (Å²) in [7, 11) is 0. The van der Waals surface area contributed by atoms with Gasteiger partial charge in [-0.25, -0.2) is 4.68 Å². The van der Waals surface area contributed by atoms with Crippen LogP contribution < -0.4 is 10.3 Å². The van der Waals surface area contributed by atoms with E-state index in [9.17, 15) is 18.0 Å². The van der Waals surface area contributed by atoms with Crippen molar-refractivity contribution >= 4 is 10.8 Å². The molecule has 0 N–H and O–H groups in total. The van der Waals surface area contributed by atoms with Gasteiger partial charge in [0.25, 0.3) is 5.56 Å². The summed E-state index contributed by atoms with van der Waals surface area (Å²) in [6.07, 6.45) is 0.511. The van der Waals surface area contributed by atoms with Gasteiger partial charge in [-0.15, -0.1) is 13.2 Å². The van der Waals surface area contributed by atoms with E-state index in [0.29, 0.717) is 35.0 Å². The van der Waals surface area contributed by atoms with Gasteiger partial charge in [0.1, 0.15) is 5.75 Å². The summed E-state index contributed by atoms with van der Waals surface area (Å²) in [5.41, 5.74) is 2.17. The number of fused-ring (bicyclic) bond motifs is 1. The van der Waals surface area contributed by atoms with Crippen LogP contribution in [0.5, 0.6) is 5.75 Å². The zero-order valence-electron chi connectivity index (χ0n) is 15.9. The van der Waals surface area contributed by atoms with E-state index in [4.69, 9.17) is 0 Å². The maximum Gasteiger partial charge on any atom is 0.573 e. The molecule has 6 nitrogen and oxygen atoms in total. The summed E-state index contributed by atoms with van der Waals surface area (Å²) in [6, 6.07) is 10.8. The van der Waals surface area contributed by atoms with Gasteiger partial charge in [-0.1, -0.05) is 24.3 Å². The van der Waals surface area contributed by atoms with E-state index in [1.807, 2.05) is 13.1 Å². The molecule has 0 amide bonds. The van der Waals surface area contributed by atoms with Gasteiger partial charge >= 0.3 is 6.36 Å². The maximum atomic E-state index is 12.9. The Bertz CT molecular complexity index is 1240. The van der Waals surface area contributed by atoms with E-state index in [2.05, 4.69) is 14.9 Å². The lowest BCUT2D eigenvalue weighted by atomic mass is 10.0. The first kappa shape index (κ1) is 19.7. The van der Waals surface area contributed by atoms with Crippen molar-refractivity contribution in [3.63, 3.8) is 0 Å². The lowest BCUT2D eigenvalue weighted by Crippen LogP contribution is -2.25. The lowest BCUT2D eigenvalue weighted by Gasteiger charge is -2.10. The SMILES string of the molecule is Cc1cnn(CCn2ncc3ccc(-c4ccc(OC(F)(F)F)cc4)cc3c2=O)c1. The zero-order chi connectivity index (χ0) is 21.3. The first-order valence-corrected chi connectivity index (χ1v) is 9.14. The molecule has 4 rings (SSSR count). The first-order chi connectivity index (χ1) is 14.3. The number of aryl methyl sites for hydroxylation is 3. The summed E-state index contributed by atoms with van der Waals surface area (Å²) in [5, 5.41) is 9.58. The van der Waals surface area contributed by atoms with E-state index in [1.165, 1.54) is 28.9 Å². The molecular formula is C21H17F3N4O2. The maximum absolute atomic E-state index is 12.9. The fourth-order valence-corrected chi connectivity index (χ4v) is 3.15. The van der Waals surface area contributed by atoms with Crippen LogP contribution in [0.2, 0.25) is 0 Å². The molecule has 2 heterocycles. The standard InChI is InChI=1S/C21H17F3N4O2/c1-14-11-25-27(13-14)8-9-28-20(29)19-10-16(2-3-17(19)12-26-28)15-4-6-18(7-5-15)30-21(22,23)24/h2-7,10-13H,8-9H2,1H3. The first-order valence-electron chi connectivity index (χ1n) is 9.14. The van der Waals surface area contributed by atoms with Gasteiger partial charge in [0.05, 0.1) is 30.9 Å². The van der Waals surface area contributed by atoms with Crippen LogP contribution in [-0.4, -0.2) is 25.9 Å². The molecule has 0 radical (unpaired) electrons. The molecule has 0 saturated carbocycles. The highest BCUT2D eigenvalue weighted by molar-refractivity contribution is 5.86. The van der Waals surface area contributed by atoms with Gasteiger partial charge in [0.2, 0.25) is 0 Å². The highest BCUT2D eigenvalue weighted by Gasteiger charge is 2.30. The summed E-state index contributed by atoms with van der Waals surface area (Å²) in [6.45, 7) is 2.81. The number of rotatable bonds is 5. The van der Waals surface area contributed by atoms with Crippen LogP contribution in [0.15, 0.2) is 65.8 Å². The molecule has 2 aromatic heterocycles. The molecule has 0 aliphatic carbocycles. The Hall–Kier alpha value is -3.62. The van der Waals surface area contributed by atoms with Gasteiger partial charge in [-0.2, -0.15) is 10.2 Å². The van der Waals surface area contributed by atoms with E-state index in [0.717, 1.165) is 5.56 Å². The number of halogens is 3. The minimum atomic E-state index is -4.74. The molecule has 0 bridgehead atoms. The smallest absolute Gasteiger partial charge is 0.406 e. The van der Waals surface area contributed by atoms with Crippen molar-refractivity contribution in [3.05, 3.63) is 77.0 Å². The van der Waals surface area contributed by atoms with Crippen LogP contribution >= 0.6 is 0 Å². The topological polar surface area (TPSA) is 61.9 Å². The number of benzene rings is 2. The number of aromatic nitrogens is 4. The predicted octanol–water partition coefficient (Wildman–Crippen LogP) is 4.17. The molecule has 0 aliphatic rings. The van der Waals surface area contributed by atoms with Crippen LogP contribution in [0.4, 0.5) is 13.2 Å². The van der Waals surface area contributed by atoms with Crippen molar-refractivity contribution in [2.45, 2.75) is 26.4 Å². The number of alkyl halides is 3. The molecule has 154 valence electrons. The van der Waals surface area contributed by atoms with Gasteiger partial charge in [-0.05, 0) is 41.8 Å². The Morgan fingerprint density at radius 2 is 1.70 bits per heavy atom. The molecule has 0 unspecified atom stereocenters. The van der Waals surface area contributed by atoms with Crippen LogP contribution in [0.1, 0.15) is 5.56 Å². The van der Waals surface area contributed by atoms with Gasteiger partial charge in [0.15, 0.2) is 0 Å². The molecule has 0 saturated heterocycles. The molecule has 0 atom stereocenters.